The number of hydrogen-bond donors (Lipinski definition) is 0. The Hall–Kier alpha value is -2.24. The molecule has 0 aliphatic carbocycles. The van der Waals surface area contributed by atoms with Gasteiger partial charge in [0.05, 0.1) is 11.5 Å². The summed E-state index contributed by atoms with van der Waals surface area (Å²) in [4.78, 5) is 33.5. The summed E-state index contributed by atoms with van der Waals surface area (Å²) in [5, 5.41) is 10.9. The lowest BCUT2D eigenvalue weighted by Crippen LogP contribution is -2.25. The molecule has 0 saturated heterocycles. The molecule has 20 heavy (non-hydrogen) atoms. The van der Waals surface area contributed by atoms with Crippen molar-refractivity contribution < 1.29 is 19.2 Å². The summed E-state index contributed by atoms with van der Waals surface area (Å²) in [6, 6.07) is 6.30. The van der Waals surface area contributed by atoms with E-state index in [0.29, 0.717) is 5.56 Å². The van der Waals surface area contributed by atoms with Crippen molar-refractivity contribution >= 4 is 17.4 Å². The molecule has 0 aliphatic rings. The van der Waals surface area contributed by atoms with Gasteiger partial charge in [0.1, 0.15) is 11.7 Å². The number of ketones is 1. The summed E-state index contributed by atoms with van der Waals surface area (Å²) < 4.78 is 4.84. The molecule has 0 radical (unpaired) electrons. The highest BCUT2D eigenvalue weighted by Crippen LogP contribution is 2.21. The zero-order valence-corrected chi connectivity index (χ0v) is 11.5. The first kappa shape index (κ1) is 15.8. The van der Waals surface area contributed by atoms with E-state index in [1.165, 1.54) is 13.0 Å². The molecule has 0 spiro atoms. The summed E-state index contributed by atoms with van der Waals surface area (Å²) in [6.07, 6.45) is 0.485. The van der Waals surface area contributed by atoms with Crippen molar-refractivity contribution in [3.8, 4) is 0 Å². The van der Waals surface area contributed by atoms with Gasteiger partial charge in [0.25, 0.3) is 5.69 Å². The van der Waals surface area contributed by atoms with Crippen LogP contribution in [-0.4, -0.2) is 23.3 Å². The second kappa shape index (κ2) is 7.37. The van der Waals surface area contributed by atoms with Crippen LogP contribution in [0, 0.1) is 16.0 Å². The number of ether oxygens (including phenoxy) is 1. The van der Waals surface area contributed by atoms with Crippen molar-refractivity contribution in [1.82, 2.24) is 0 Å². The molecule has 0 aliphatic heterocycles. The average molecular weight is 279 g/mol. The molecular formula is C14H17NO5. The normalized spacial score (nSPS) is 11.7. The lowest BCUT2D eigenvalue weighted by atomic mass is 9.95. The van der Waals surface area contributed by atoms with Crippen LogP contribution in [0.1, 0.15) is 25.8 Å². The predicted molar refractivity (Wildman–Crippen MR) is 72.2 cm³/mol. The van der Waals surface area contributed by atoms with Gasteiger partial charge < -0.3 is 4.74 Å². The first-order valence-electron chi connectivity index (χ1n) is 6.36. The van der Waals surface area contributed by atoms with Gasteiger partial charge in [-0.15, -0.1) is 0 Å². The number of hydrogen-bond acceptors (Lipinski definition) is 5. The Balaban J connectivity index is 2.80. The quantitative estimate of drug-likeness (QED) is 0.331. The second-order valence-electron chi connectivity index (χ2n) is 4.34. The predicted octanol–water partition coefficient (Wildman–Crippen LogP) is 2.30. The summed E-state index contributed by atoms with van der Waals surface area (Å²) >= 11 is 0. The van der Waals surface area contributed by atoms with Gasteiger partial charge in [0, 0.05) is 11.6 Å². The SMILES string of the molecule is CCOC(=O)[C@@H](CCc1ccccc1[N+](=O)[O-])C(C)=O. The van der Waals surface area contributed by atoms with Crippen LogP contribution in [-0.2, 0) is 20.7 Å². The number of para-hydroxylation sites is 1. The molecule has 0 bridgehead atoms. The highest BCUT2D eigenvalue weighted by molar-refractivity contribution is 5.97. The smallest absolute Gasteiger partial charge is 0.316 e. The van der Waals surface area contributed by atoms with Gasteiger partial charge in [-0.2, -0.15) is 0 Å². The number of rotatable bonds is 7. The third kappa shape index (κ3) is 4.15. The molecule has 1 atom stereocenters. The Bertz CT molecular complexity index is 512. The number of nitro benzene ring substituents is 1. The minimum atomic E-state index is -0.866. The lowest BCUT2D eigenvalue weighted by Gasteiger charge is -2.12. The fraction of sp³-hybridized carbons (Fsp3) is 0.429. The topological polar surface area (TPSA) is 86.5 Å². The lowest BCUT2D eigenvalue weighted by molar-refractivity contribution is -0.385. The summed E-state index contributed by atoms with van der Waals surface area (Å²) in [6.45, 7) is 3.19. The van der Waals surface area contributed by atoms with Crippen molar-refractivity contribution in [2.45, 2.75) is 26.7 Å². The molecular weight excluding hydrogens is 262 g/mol. The minimum Gasteiger partial charge on any atom is -0.465 e. The molecule has 1 aromatic carbocycles. The van der Waals surface area contributed by atoms with Crippen LogP contribution in [0.15, 0.2) is 24.3 Å². The zero-order valence-electron chi connectivity index (χ0n) is 11.5. The number of aryl methyl sites for hydroxylation is 1. The van der Waals surface area contributed by atoms with Gasteiger partial charge in [-0.05, 0) is 26.7 Å². The van der Waals surface area contributed by atoms with Gasteiger partial charge in [-0.25, -0.2) is 0 Å². The summed E-state index contributed by atoms with van der Waals surface area (Å²) in [5.41, 5.74) is 0.506. The van der Waals surface area contributed by atoms with Crippen molar-refractivity contribution in [1.29, 1.82) is 0 Å². The van der Waals surface area contributed by atoms with E-state index < -0.39 is 16.8 Å². The molecule has 6 heteroatoms. The van der Waals surface area contributed by atoms with E-state index in [2.05, 4.69) is 0 Å². The van der Waals surface area contributed by atoms with Crippen molar-refractivity contribution in [2.75, 3.05) is 6.61 Å². The Labute approximate surface area is 116 Å². The monoisotopic (exact) mass is 279 g/mol. The minimum absolute atomic E-state index is 0.00124. The third-order valence-electron chi connectivity index (χ3n) is 2.95. The van der Waals surface area contributed by atoms with E-state index in [0.717, 1.165) is 0 Å². The Morgan fingerprint density at radius 1 is 1.35 bits per heavy atom. The summed E-state index contributed by atoms with van der Waals surface area (Å²) in [7, 11) is 0. The molecule has 0 amide bonds. The van der Waals surface area contributed by atoms with E-state index >= 15 is 0 Å². The Morgan fingerprint density at radius 2 is 2.00 bits per heavy atom. The summed E-state index contributed by atoms with van der Waals surface area (Å²) in [5.74, 6) is -1.73. The molecule has 0 unspecified atom stereocenters. The van der Waals surface area contributed by atoms with Gasteiger partial charge in [0.15, 0.2) is 0 Å². The van der Waals surface area contributed by atoms with Gasteiger partial charge in [-0.1, -0.05) is 18.2 Å². The highest BCUT2D eigenvalue weighted by Gasteiger charge is 2.25. The van der Waals surface area contributed by atoms with Crippen LogP contribution in [0.2, 0.25) is 0 Å². The standard InChI is InChI=1S/C14H17NO5/c1-3-20-14(17)12(10(2)16)9-8-11-6-4-5-7-13(11)15(18)19/h4-7,12H,3,8-9H2,1-2H3/t12-/m0/s1. The Kier molecular flexibility index (Phi) is 5.83. The van der Waals surface area contributed by atoms with Crippen molar-refractivity contribution in [3.63, 3.8) is 0 Å². The Morgan fingerprint density at radius 3 is 2.55 bits per heavy atom. The van der Waals surface area contributed by atoms with Crippen LogP contribution >= 0.6 is 0 Å². The van der Waals surface area contributed by atoms with Crippen LogP contribution in [0.25, 0.3) is 0 Å². The third-order valence-corrected chi connectivity index (χ3v) is 2.95. The maximum atomic E-state index is 11.6. The largest absolute Gasteiger partial charge is 0.465 e. The molecule has 0 N–H and O–H groups in total. The molecule has 0 aromatic heterocycles. The fourth-order valence-electron chi connectivity index (χ4n) is 1.93. The van der Waals surface area contributed by atoms with Crippen LogP contribution < -0.4 is 0 Å². The molecule has 1 aromatic rings. The molecule has 0 heterocycles. The van der Waals surface area contributed by atoms with Crippen LogP contribution in [0.5, 0.6) is 0 Å². The zero-order chi connectivity index (χ0) is 15.1. The van der Waals surface area contributed by atoms with Crippen molar-refractivity contribution in [3.05, 3.63) is 39.9 Å². The number of esters is 1. The van der Waals surface area contributed by atoms with Crippen molar-refractivity contribution in [2.24, 2.45) is 5.92 Å². The molecule has 1 rings (SSSR count). The maximum Gasteiger partial charge on any atom is 0.316 e. The second-order valence-corrected chi connectivity index (χ2v) is 4.34. The first-order chi connectivity index (χ1) is 9.47. The van der Waals surface area contributed by atoms with Crippen LogP contribution in [0.3, 0.4) is 0 Å². The first-order valence-corrected chi connectivity index (χ1v) is 6.36. The van der Waals surface area contributed by atoms with E-state index in [4.69, 9.17) is 4.74 Å². The number of nitrogens with zero attached hydrogens (tertiary/aromatic N) is 1. The molecule has 0 saturated carbocycles. The molecule has 0 fully saturated rings. The number of carbonyl (C=O) groups is 2. The highest BCUT2D eigenvalue weighted by atomic mass is 16.6. The van der Waals surface area contributed by atoms with E-state index in [-0.39, 0.29) is 30.9 Å². The molecule has 6 nitrogen and oxygen atoms in total. The number of Topliss-reactive ketones (excluding diaryl/α,β-unsaturated/α-hetero) is 1. The average Bonchev–Trinajstić information content (AvgIpc) is 2.39. The maximum absolute atomic E-state index is 11.6. The van der Waals surface area contributed by atoms with Gasteiger partial charge >= 0.3 is 5.97 Å². The van der Waals surface area contributed by atoms with Gasteiger partial charge in [-0.3, -0.25) is 19.7 Å². The van der Waals surface area contributed by atoms with E-state index in [1.54, 1.807) is 25.1 Å². The number of nitro groups is 1. The van der Waals surface area contributed by atoms with Crippen LogP contribution in [0.4, 0.5) is 5.69 Å². The number of carbonyl (C=O) groups excluding carboxylic acids is 2. The number of benzene rings is 1. The molecule has 108 valence electrons. The van der Waals surface area contributed by atoms with Gasteiger partial charge in [0.2, 0.25) is 0 Å². The van der Waals surface area contributed by atoms with E-state index in [9.17, 15) is 19.7 Å². The van der Waals surface area contributed by atoms with E-state index in [1.807, 2.05) is 0 Å². The fourth-order valence-corrected chi connectivity index (χ4v) is 1.93.